The molecule has 0 aromatic heterocycles. The summed E-state index contributed by atoms with van der Waals surface area (Å²) >= 11 is 0. The summed E-state index contributed by atoms with van der Waals surface area (Å²) in [5.74, 6) is 0.730. The summed E-state index contributed by atoms with van der Waals surface area (Å²) in [6.45, 7) is 17.0. The molecule has 0 aromatic carbocycles. The summed E-state index contributed by atoms with van der Waals surface area (Å²) in [6.07, 6.45) is 0. The molecule has 0 spiro atoms. The molecule has 0 aliphatic heterocycles. The second-order valence-corrected chi connectivity index (χ2v) is 6.51. The van der Waals surface area contributed by atoms with Crippen LogP contribution >= 0.6 is 0 Å². The highest BCUT2D eigenvalue weighted by molar-refractivity contribution is 4.64. The molecule has 0 unspecified atom stereocenters. The maximum absolute atomic E-state index is 5.60. The fourth-order valence-corrected chi connectivity index (χ4v) is 1.64. The highest BCUT2D eigenvalue weighted by Crippen LogP contribution is 2.09. The Bertz CT molecular complexity index is 176. The van der Waals surface area contributed by atoms with E-state index in [9.17, 15) is 0 Å². The van der Waals surface area contributed by atoms with Crippen molar-refractivity contribution in [1.29, 1.82) is 0 Å². The Hall–Kier alpha value is -0.120. The number of nitrogens with one attached hydrogen (secondary N) is 1. The largest absolute Gasteiger partial charge is 0.379 e. The van der Waals surface area contributed by atoms with Crippen molar-refractivity contribution < 1.29 is 4.74 Å². The molecule has 0 rings (SSSR count). The van der Waals surface area contributed by atoms with E-state index in [2.05, 4.69) is 51.9 Å². The highest BCUT2D eigenvalue weighted by atomic mass is 16.5. The Labute approximate surface area is 108 Å². The molecule has 0 bridgehead atoms. The van der Waals surface area contributed by atoms with Gasteiger partial charge >= 0.3 is 0 Å². The predicted molar refractivity (Wildman–Crippen MR) is 75.5 cm³/mol. The van der Waals surface area contributed by atoms with Gasteiger partial charge in [0.25, 0.3) is 0 Å². The van der Waals surface area contributed by atoms with Crippen molar-refractivity contribution in [2.24, 2.45) is 11.3 Å². The zero-order valence-electron chi connectivity index (χ0n) is 12.7. The van der Waals surface area contributed by atoms with E-state index in [-0.39, 0.29) is 0 Å². The van der Waals surface area contributed by atoms with E-state index < -0.39 is 0 Å². The zero-order chi connectivity index (χ0) is 13.3. The second kappa shape index (κ2) is 8.90. The third kappa shape index (κ3) is 13.8. The lowest BCUT2D eigenvalue weighted by atomic mass is 9.97. The van der Waals surface area contributed by atoms with Crippen molar-refractivity contribution in [2.45, 2.75) is 34.6 Å². The minimum absolute atomic E-state index is 0.359. The molecular weight excluding hydrogens is 212 g/mol. The van der Waals surface area contributed by atoms with Crippen LogP contribution in [-0.2, 0) is 4.74 Å². The van der Waals surface area contributed by atoms with E-state index in [1.807, 2.05) is 0 Å². The van der Waals surface area contributed by atoms with Crippen molar-refractivity contribution in [1.82, 2.24) is 10.2 Å². The maximum atomic E-state index is 5.60. The number of hydrogen-bond acceptors (Lipinski definition) is 3. The van der Waals surface area contributed by atoms with Gasteiger partial charge in [0.15, 0.2) is 0 Å². The van der Waals surface area contributed by atoms with Crippen LogP contribution < -0.4 is 5.32 Å². The van der Waals surface area contributed by atoms with Crippen LogP contribution in [0.5, 0.6) is 0 Å². The lowest BCUT2D eigenvalue weighted by molar-refractivity contribution is 0.108. The predicted octanol–water partition coefficient (Wildman–Crippen LogP) is 2.23. The minimum Gasteiger partial charge on any atom is -0.379 e. The highest BCUT2D eigenvalue weighted by Gasteiger charge is 2.08. The number of ether oxygens (including phenoxy) is 1. The van der Waals surface area contributed by atoms with Gasteiger partial charge in [-0.1, -0.05) is 34.6 Å². The first-order valence-electron chi connectivity index (χ1n) is 6.78. The maximum Gasteiger partial charge on any atom is 0.0593 e. The van der Waals surface area contributed by atoms with Gasteiger partial charge in [0, 0.05) is 26.2 Å². The minimum atomic E-state index is 0.359. The van der Waals surface area contributed by atoms with Gasteiger partial charge in [-0.25, -0.2) is 0 Å². The Balaban J connectivity index is 3.24. The van der Waals surface area contributed by atoms with E-state index in [1.54, 1.807) is 0 Å². The summed E-state index contributed by atoms with van der Waals surface area (Å²) in [5.41, 5.74) is 0.359. The molecule has 0 aliphatic rings. The van der Waals surface area contributed by atoms with E-state index >= 15 is 0 Å². The van der Waals surface area contributed by atoms with Crippen LogP contribution in [0, 0.1) is 11.3 Å². The normalized spacial score (nSPS) is 12.7. The summed E-state index contributed by atoms with van der Waals surface area (Å²) in [7, 11) is 2.15. The second-order valence-electron chi connectivity index (χ2n) is 6.51. The molecule has 0 aromatic rings. The van der Waals surface area contributed by atoms with Crippen molar-refractivity contribution in [3.63, 3.8) is 0 Å². The van der Waals surface area contributed by atoms with Crippen LogP contribution in [-0.4, -0.2) is 51.3 Å². The van der Waals surface area contributed by atoms with Gasteiger partial charge in [0.1, 0.15) is 0 Å². The number of hydrogen-bond donors (Lipinski definition) is 1. The van der Waals surface area contributed by atoms with Gasteiger partial charge in [0.2, 0.25) is 0 Å². The van der Waals surface area contributed by atoms with Gasteiger partial charge in [-0.15, -0.1) is 0 Å². The molecule has 1 N–H and O–H groups in total. The van der Waals surface area contributed by atoms with E-state index in [1.165, 1.54) is 0 Å². The monoisotopic (exact) mass is 244 g/mol. The number of nitrogens with zero attached hydrogens (tertiary/aromatic N) is 1. The van der Waals surface area contributed by atoms with Gasteiger partial charge < -0.3 is 15.0 Å². The van der Waals surface area contributed by atoms with Crippen molar-refractivity contribution >= 4 is 0 Å². The summed E-state index contributed by atoms with van der Waals surface area (Å²) in [4.78, 5) is 2.33. The van der Waals surface area contributed by atoms with Crippen LogP contribution in [0.15, 0.2) is 0 Å². The zero-order valence-corrected chi connectivity index (χ0v) is 12.7. The van der Waals surface area contributed by atoms with Crippen molar-refractivity contribution in [3.8, 4) is 0 Å². The van der Waals surface area contributed by atoms with Crippen LogP contribution in [0.3, 0.4) is 0 Å². The van der Waals surface area contributed by atoms with Crippen LogP contribution in [0.4, 0.5) is 0 Å². The molecule has 0 atom stereocenters. The molecule has 0 amide bonds. The van der Waals surface area contributed by atoms with Gasteiger partial charge in [-0.2, -0.15) is 0 Å². The fourth-order valence-electron chi connectivity index (χ4n) is 1.64. The molecule has 0 heterocycles. The molecule has 0 saturated carbocycles. The molecule has 0 radical (unpaired) electrons. The van der Waals surface area contributed by atoms with Gasteiger partial charge in [-0.3, -0.25) is 0 Å². The van der Waals surface area contributed by atoms with E-state index in [0.717, 1.165) is 45.3 Å². The average molecular weight is 244 g/mol. The average Bonchev–Trinajstić information content (AvgIpc) is 2.13. The topological polar surface area (TPSA) is 24.5 Å². The summed E-state index contributed by atoms with van der Waals surface area (Å²) < 4.78 is 5.60. The standard InChI is InChI=1S/C14H32N2O/c1-13(2)11-16(6)8-10-17-9-7-15-12-14(3,4)5/h13,15H,7-12H2,1-6H3. The third-order valence-corrected chi connectivity index (χ3v) is 2.37. The Morgan fingerprint density at radius 2 is 1.82 bits per heavy atom. The van der Waals surface area contributed by atoms with E-state index in [0.29, 0.717) is 5.41 Å². The van der Waals surface area contributed by atoms with Crippen molar-refractivity contribution in [2.75, 3.05) is 46.4 Å². The lowest BCUT2D eigenvalue weighted by Crippen LogP contribution is -2.31. The Morgan fingerprint density at radius 3 is 2.35 bits per heavy atom. The van der Waals surface area contributed by atoms with Crippen molar-refractivity contribution in [3.05, 3.63) is 0 Å². The van der Waals surface area contributed by atoms with E-state index in [4.69, 9.17) is 4.74 Å². The molecule has 0 fully saturated rings. The molecule has 3 nitrogen and oxygen atoms in total. The Morgan fingerprint density at radius 1 is 1.18 bits per heavy atom. The first-order chi connectivity index (χ1) is 7.81. The lowest BCUT2D eigenvalue weighted by Gasteiger charge is -2.20. The molecular formula is C14H32N2O. The quantitative estimate of drug-likeness (QED) is 0.630. The van der Waals surface area contributed by atoms with Crippen LogP contribution in [0.2, 0.25) is 0 Å². The molecule has 0 saturated heterocycles. The van der Waals surface area contributed by atoms with Gasteiger partial charge in [-0.05, 0) is 18.4 Å². The molecule has 0 aliphatic carbocycles. The number of rotatable bonds is 9. The summed E-state index contributed by atoms with van der Waals surface area (Å²) in [6, 6.07) is 0. The first kappa shape index (κ1) is 16.9. The summed E-state index contributed by atoms with van der Waals surface area (Å²) in [5, 5.41) is 3.41. The molecule has 3 heteroatoms. The van der Waals surface area contributed by atoms with Crippen LogP contribution in [0.25, 0.3) is 0 Å². The molecule has 17 heavy (non-hydrogen) atoms. The smallest absolute Gasteiger partial charge is 0.0593 e. The Kier molecular flexibility index (Phi) is 8.83. The van der Waals surface area contributed by atoms with Gasteiger partial charge in [0.05, 0.1) is 13.2 Å². The van der Waals surface area contributed by atoms with Crippen LogP contribution in [0.1, 0.15) is 34.6 Å². The number of likely N-dealkylation sites (N-methyl/N-ethyl adjacent to an activating group) is 1. The third-order valence-electron chi connectivity index (χ3n) is 2.37. The SMILES string of the molecule is CC(C)CN(C)CCOCCNCC(C)(C)C. The fraction of sp³-hybridized carbons (Fsp3) is 1.00. The molecule has 104 valence electrons. The first-order valence-corrected chi connectivity index (χ1v) is 6.78.